The monoisotopic (exact) mass is 342 g/mol. The molecule has 0 spiro atoms. The first-order valence-electron chi connectivity index (χ1n) is 7.87. The number of aryl methyl sites for hydroxylation is 3. The van der Waals surface area contributed by atoms with Gasteiger partial charge in [-0.15, -0.1) is 0 Å². The quantitative estimate of drug-likeness (QED) is 0.813. The van der Waals surface area contributed by atoms with Crippen molar-refractivity contribution in [3.05, 3.63) is 59.2 Å². The number of anilines is 1. The molecule has 1 amide bonds. The first kappa shape index (κ1) is 17.9. The van der Waals surface area contributed by atoms with E-state index in [1.165, 1.54) is 5.56 Å². The van der Waals surface area contributed by atoms with Gasteiger partial charge in [0.25, 0.3) is 5.91 Å². The van der Waals surface area contributed by atoms with Gasteiger partial charge in [-0.2, -0.15) is 0 Å². The largest absolute Gasteiger partial charge is 0.484 e. The fourth-order valence-electron chi connectivity index (χ4n) is 2.34. The van der Waals surface area contributed by atoms with E-state index in [9.17, 15) is 4.79 Å². The molecule has 4 nitrogen and oxygen atoms in total. The Labute approximate surface area is 148 Å². The number of rotatable bonds is 5. The second-order valence-electron chi connectivity index (χ2n) is 5.66. The van der Waals surface area contributed by atoms with Crippen molar-refractivity contribution in [3.8, 4) is 5.75 Å². The highest BCUT2D eigenvalue weighted by Gasteiger charge is 2.06. The lowest BCUT2D eigenvalue weighted by Crippen LogP contribution is -2.37. The van der Waals surface area contributed by atoms with Crippen LogP contribution >= 0.6 is 12.2 Å². The summed E-state index contributed by atoms with van der Waals surface area (Å²) in [5, 5.41) is 5.89. The summed E-state index contributed by atoms with van der Waals surface area (Å²) in [7, 11) is 0. The summed E-state index contributed by atoms with van der Waals surface area (Å²) >= 11 is 5.16. The molecule has 0 aromatic heterocycles. The minimum atomic E-state index is -0.295. The van der Waals surface area contributed by atoms with E-state index in [0.717, 1.165) is 23.2 Å². The van der Waals surface area contributed by atoms with Crippen LogP contribution in [0.25, 0.3) is 0 Å². The standard InChI is InChI=1S/C19H22N2O2S/c1-4-15-5-7-17(8-6-15)23-12-18(22)21-19(24)20-16-10-13(2)9-14(3)11-16/h5-11H,4,12H2,1-3H3,(H2,20,21,22,24). The van der Waals surface area contributed by atoms with E-state index >= 15 is 0 Å². The van der Waals surface area contributed by atoms with E-state index in [-0.39, 0.29) is 17.6 Å². The number of amides is 1. The molecule has 0 heterocycles. The Bertz CT molecular complexity index is 706. The number of hydrogen-bond donors (Lipinski definition) is 2. The molecule has 126 valence electrons. The number of benzene rings is 2. The molecule has 2 rings (SSSR count). The first-order chi connectivity index (χ1) is 11.5. The van der Waals surface area contributed by atoms with Gasteiger partial charge in [-0.05, 0) is 73.4 Å². The number of nitrogens with one attached hydrogen (secondary N) is 2. The van der Waals surface area contributed by atoms with E-state index in [0.29, 0.717) is 5.75 Å². The third-order valence-corrected chi connectivity index (χ3v) is 3.64. The number of ether oxygens (including phenoxy) is 1. The molecule has 0 saturated carbocycles. The Morgan fingerprint density at radius 2 is 1.71 bits per heavy atom. The summed E-state index contributed by atoms with van der Waals surface area (Å²) in [6, 6.07) is 13.7. The van der Waals surface area contributed by atoms with Crippen LogP contribution in [0.3, 0.4) is 0 Å². The zero-order chi connectivity index (χ0) is 17.5. The summed E-state index contributed by atoms with van der Waals surface area (Å²) in [4.78, 5) is 11.9. The molecule has 0 saturated heterocycles. The molecule has 0 aliphatic rings. The molecule has 24 heavy (non-hydrogen) atoms. The summed E-state index contributed by atoms with van der Waals surface area (Å²) in [5.41, 5.74) is 4.34. The fraction of sp³-hybridized carbons (Fsp3) is 0.263. The van der Waals surface area contributed by atoms with Crippen LogP contribution in [0.4, 0.5) is 5.69 Å². The van der Waals surface area contributed by atoms with Gasteiger partial charge in [0.2, 0.25) is 0 Å². The summed E-state index contributed by atoms with van der Waals surface area (Å²) in [5.74, 6) is 0.368. The Hall–Kier alpha value is -2.40. The van der Waals surface area contributed by atoms with Gasteiger partial charge >= 0.3 is 0 Å². The van der Waals surface area contributed by atoms with Crippen molar-refractivity contribution in [2.75, 3.05) is 11.9 Å². The van der Waals surface area contributed by atoms with E-state index in [1.54, 1.807) is 0 Å². The van der Waals surface area contributed by atoms with Gasteiger partial charge in [0, 0.05) is 5.69 Å². The third-order valence-electron chi connectivity index (χ3n) is 3.43. The van der Waals surface area contributed by atoms with Crippen LogP contribution in [0.2, 0.25) is 0 Å². The van der Waals surface area contributed by atoms with Crippen molar-refractivity contribution in [1.29, 1.82) is 0 Å². The van der Waals surface area contributed by atoms with Gasteiger partial charge in [0.1, 0.15) is 5.75 Å². The molecule has 0 fully saturated rings. The Kier molecular flexibility index (Phi) is 6.32. The van der Waals surface area contributed by atoms with E-state index < -0.39 is 0 Å². The Balaban J connectivity index is 1.81. The minimum absolute atomic E-state index is 0.0832. The summed E-state index contributed by atoms with van der Waals surface area (Å²) in [6.45, 7) is 6.03. The molecule has 0 unspecified atom stereocenters. The fourth-order valence-corrected chi connectivity index (χ4v) is 2.57. The zero-order valence-electron chi connectivity index (χ0n) is 14.2. The number of thiocarbonyl (C=S) groups is 1. The maximum atomic E-state index is 11.9. The van der Waals surface area contributed by atoms with E-state index in [4.69, 9.17) is 17.0 Å². The van der Waals surface area contributed by atoms with Crippen LogP contribution in [-0.4, -0.2) is 17.6 Å². The number of hydrogen-bond acceptors (Lipinski definition) is 3. The molecule has 0 aliphatic carbocycles. The second kappa shape index (κ2) is 8.45. The smallest absolute Gasteiger partial charge is 0.264 e. The predicted molar refractivity (Wildman–Crippen MR) is 102 cm³/mol. The van der Waals surface area contributed by atoms with Crippen LogP contribution in [0.5, 0.6) is 5.75 Å². The van der Waals surface area contributed by atoms with Gasteiger partial charge in [0.15, 0.2) is 11.7 Å². The highest BCUT2D eigenvalue weighted by atomic mass is 32.1. The topological polar surface area (TPSA) is 50.4 Å². The van der Waals surface area contributed by atoms with Gasteiger partial charge in [-0.3, -0.25) is 10.1 Å². The van der Waals surface area contributed by atoms with Crippen molar-refractivity contribution in [1.82, 2.24) is 5.32 Å². The summed E-state index contributed by atoms with van der Waals surface area (Å²) in [6.07, 6.45) is 0.971. The van der Waals surface area contributed by atoms with Crippen LogP contribution in [0.15, 0.2) is 42.5 Å². The van der Waals surface area contributed by atoms with Gasteiger partial charge in [-0.1, -0.05) is 25.1 Å². The van der Waals surface area contributed by atoms with Crippen molar-refractivity contribution in [2.24, 2.45) is 0 Å². The predicted octanol–water partition coefficient (Wildman–Crippen LogP) is 3.76. The van der Waals surface area contributed by atoms with E-state index in [1.807, 2.05) is 50.2 Å². The highest BCUT2D eigenvalue weighted by molar-refractivity contribution is 7.80. The number of carbonyl (C=O) groups excluding carboxylic acids is 1. The molecule has 5 heteroatoms. The van der Waals surface area contributed by atoms with Gasteiger partial charge in [-0.25, -0.2) is 0 Å². The molecule has 0 atom stereocenters. The van der Waals surface area contributed by atoms with Crippen molar-refractivity contribution < 1.29 is 9.53 Å². The number of carbonyl (C=O) groups is 1. The normalized spacial score (nSPS) is 10.1. The Morgan fingerprint density at radius 1 is 1.08 bits per heavy atom. The molecule has 2 N–H and O–H groups in total. The minimum Gasteiger partial charge on any atom is -0.484 e. The van der Waals surface area contributed by atoms with Crippen LogP contribution in [-0.2, 0) is 11.2 Å². The molecule has 0 radical (unpaired) electrons. The molecule has 0 bridgehead atoms. The molecule has 2 aromatic rings. The van der Waals surface area contributed by atoms with Gasteiger partial charge < -0.3 is 10.1 Å². The average molecular weight is 342 g/mol. The maximum Gasteiger partial charge on any atom is 0.264 e. The van der Waals surface area contributed by atoms with Crippen molar-refractivity contribution >= 4 is 28.9 Å². The van der Waals surface area contributed by atoms with Crippen molar-refractivity contribution in [2.45, 2.75) is 27.2 Å². The molecule has 0 aliphatic heterocycles. The average Bonchev–Trinajstić information content (AvgIpc) is 2.52. The highest BCUT2D eigenvalue weighted by Crippen LogP contribution is 2.14. The molecular weight excluding hydrogens is 320 g/mol. The Morgan fingerprint density at radius 3 is 2.29 bits per heavy atom. The van der Waals surface area contributed by atoms with Crippen LogP contribution in [0.1, 0.15) is 23.6 Å². The SMILES string of the molecule is CCc1ccc(OCC(=O)NC(=S)Nc2cc(C)cc(C)c2)cc1. The summed E-state index contributed by atoms with van der Waals surface area (Å²) < 4.78 is 5.46. The zero-order valence-corrected chi connectivity index (χ0v) is 15.0. The molecule has 2 aromatic carbocycles. The van der Waals surface area contributed by atoms with Gasteiger partial charge in [0.05, 0.1) is 0 Å². The third kappa shape index (κ3) is 5.66. The second-order valence-corrected chi connectivity index (χ2v) is 6.07. The van der Waals surface area contributed by atoms with Crippen LogP contribution in [0, 0.1) is 13.8 Å². The first-order valence-corrected chi connectivity index (χ1v) is 8.28. The maximum absolute atomic E-state index is 11.9. The van der Waals surface area contributed by atoms with E-state index in [2.05, 4.69) is 23.6 Å². The van der Waals surface area contributed by atoms with Crippen LogP contribution < -0.4 is 15.4 Å². The molecular formula is C19H22N2O2S. The lowest BCUT2D eigenvalue weighted by Gasteiger charge is -2.11. The lowest BCUT2D eigenvalue weighted by molar-refractivity contribution is -0.121. The van der Waals surface area contributed by atoms with Crippen molar-refractivity contribution in [3.63, 3.8) is 0 Å². The lowest BCUT2D eigenvalue weighted by atomic mass is 10.1.